The molecule has 3 N–H and O–H groups in total. The molecule has 0 aromatic carbocycles. The molecular weight excluding hydrogens is 384 g/mol. The highest BCUT2D eigenvalue weighted by atomic mass is 16.6. The highest BCUT2D eigenvalue weighted by Crippen LogP contribution is 2.12. The molecule has 0 aliphatic carbocycles. The Morgan fingerprint density at radius 1 is 0.793 bits per heavy atom. The van der Waals surface area contributed by atoms with Crippen molar-refractivity contribution >= 4 is 24.1 Å². The first-order valence-corrected chi connectivity index (χ1v) is 9.44. The number of carboxylic acids is 1. The number of unbranched alkanes of at least 4 members (excludes halogenated alkanes) is 1. The molecule has 0 aromatic heterocycles. The van der Waals surface area contributed by atoms with Crippen LogP contribution in [0.25, 0.3) is 0 Å². The van der Waals surface area contributed by atoms with E-state index in [4.69, 9.17) is 9.47 Å². The first kappa shape index (κ1) is 26.5. The second-order valence-corrected chi connectivity index (χ2v) is 8.54. The third kappa shape index (κ3) is 13.3. The standard InChI is InChI=1S/C19H34N2O8/c1-18(2,3)28-16(25)20-12(14(22)23)10-8-9-11-13(15(24)27-7)21-17(26)29-19(4,5)6/h12-13H,8-11H2,1-7H3,(H,20,25)(H,21,26)(H,22,23)/t12-,13-/m0/s1. The SMILES string of the molecule is COC(=O)[C@H](CCCC[C@H](NC(=O)OC(C)(C)C)C(=O)O)NC(=O)OC(C)(C)C. The summed E-state index contributed by atoms with van der Waals surface area (Å²) in [5.74, 6) is -1.82. The van der Waals surface area contributed by atoms with Crippen LogP contribution >= 0.6 is 0 Å². The topological polar surface area (TPSA) is 140 Å². The van der Waals surface area contributed by atoms with Gasteiger partial charge in [-0.05, 0) is 54.4 Å². The molecule has 0 bridgehead atoms. The molecule has 0 saturated heterocycles. The Bertz CT molecular complexity index is 578. The van der Waals surface area contributed by atoms with Crippen LogP contribution < -0.4 is 10.6 Å². The van der Waals surface area contributed by atoms with E-state index in [2.05, 4.69) is 15.4 Å². The quantitative estimate of drug-likeness (QED) is 0.295. The molecule has 10 nitrogen and oxygen atoms in total. The highest BCUT2D eigenvalue weighted by Gasteiger charge is 2.26. The fraction of sp³-hybridized carbons (Fsp3) is 0.789. The van der Waals surface area contributed by atoms with Gasteiger partial charge in [0.05, 0.1) is 7.11 Å². The summed E-state index contributed by atoms with van der Waals surface area (Å²) in [6.45, 7) is 10.1. The number of carboxylic acid groups (broad SMARTS) is 1. The van der Waals surface area contributed by atoms with Gasteiger partial charge in [-0.3, -0.25) is 0 Å². The van der Waals surface area contributed by atoms with E-state index < -0.39 is 47.4 Å². The van der Waals surface area contributed by atoms with Crippen LogP contribution in [0.4, 0.5) is 9.59 Å². The Labute approximate surface area is 171 Å². The maximum atomic E-state index is 11.9. The van der Waals surface area contributed by atoms with Crippen molar-refractivity contribution in [2.45, 2.75) is 90.5 Å². The number of ether oxygens (including phenoxy) is 3. The number of hydrogen-bond acceptors (Lipinski definition) is 7. The number of esters is 1. The number of nitrogens with one attached hydrogen (secondary N) is 2. The van der Waals surface area contributed by atoms with E-state index in [9.17, 15) is 24.3 Å². The largest absolute Gasteiger partial charge is 0.480 e. The van der Waals surface area contributed by atoms with Crippen LogP contribution in [-0.4, -0.2) is 59.6 Å². The van der Waals surface area contributed by atoms with Gasteiger partial charge in [0, 0.05) is 0 Å². The predicted molar refractivity (Wildman–Crippen MR) is 104 cm³/mol. The Morgan fingerprint density at radius 3 is 1.52 bits per heavy atom. The third-order valence-corrected chi connectivity index (χ3v) is 3.40. The summed E-state index contributed by atoms with van der Waals surface area (Å²) in [6, 6.07) is -2.04. The van der Waals surface area contributed by atoms with Gasteiger partial charge in [-0.1, -0.05) is 12.8 Å². The van der Waals surface area contributed by atoms with Crippen molar-refractivity contribution in [2.75, 3.05) is 7.11 Å². The number of rotatable bonds is 9. The van der Waals surface area contributed by atoms with Crippen LogP contribution in [0.5, 0.6) is 0 Å². The molecule has 29 heavy (non-hydrogen) atoms. The van der Waals surface area contributed by atoms with Gasteiger partial charge in [0.25, 0.3) is 0 Å². The summed E-state index contributed by atoms with van der Waals surface area (Å²) in [4.78, 5) is 46.8. The molecule has 0 spiro atoms. The van der Waals surface area contributed by atoms with Crippen molar-refractivity contribution in [1.82, 2.24) is 10.6 Å². The molecule has 2 amide bonds. The highest BCUT2D eigenvalue weighted by molar-refractivity contribution is 5.81. The number of alkyl carbamates (subject to hydrolysis) is 2. The van der Waals surface area contributed by atoms with E-state index in [0.29, 0.717) is 12.8 Å². The van der Waals surface area contributed by atoms with Gasteiger partial charge >= 0.3 is 24.1 Å². The summed E-state index contributed by atoms with van der Waals surface area (Å²) in [6.07, 6.45) is -0.405. The fourth-order valence-corrected chi connectivity index (χ4v) is 2.25. The normalized spacial score (nSPS) is 13.6. The zero-order chi connectivity index (χ0) is 22.8. The Hall–Kier alpha value is -2.52. The zero-order valence-electron chi connectivity index (χ0n) is 18.3. The molecule has 0 radical (unpaired) electrons. The van der Waals surface area contributed by atoms with Crippen molar-refractivity contribution in [3.63, 3.8) is 0 Å². The van der Waals surface area contributed by atoms with Crippen molar-refractivity contribution < 1.29 is 38.5 Å². The molecule has 0 aliphatic heterocycles. The Kier molecular flexibility index (Phi) is 10.5. The van der Waals surface area contributed by atoms with Crippen molar-refractivity contribution in [3.05, 3.63) is 0 Å². The number of amides is 2. The van der Waals surface area contributed by atoms with Crippen LogP contribution in [0.3, 0.4) is 0 Å². The molecule has 0 fully saturated rings. The van der Waals surface area contributed by atoms with E-state index in [-0.39, 0.29) is 12.8 Å². The summed E-state index contributed by atoms with van der Waals surface area (Å²) in [5.41, 5.74) is -1.46. The van der Waals surface area contributed by atoms with Crippen molar-refractivity contribution in [1.29, 1.82) is 0 Å². The summed E-state index contributed by atoms with van der Waals surface area (Å²) in [7, 11) is 1.21. The minimum absolute atomic E-state index is 0.134. The van der Waals surface area contributed by atoms with Crippen LogP contribution in [0.1, 0.15) is 67.2 Å². The Morgan fingerprint density at radius 2 is 1.17 bits per heavy atom. The fourth-order valence-electron chi connectivity index (χ4n) is 2.25. The first-order valence-electron chi connectivity index (χ1n) is 9.44. The van der Waals surface area contributed by atoms with Gasteiger partial charge in [0.1, 0.15) is 23.3 Å². The number of carbonyl (C=O) groups is 4. The molecule has 168 valence electrons. The monoisotopic (exact) mass is 418 g/mol. The second-order valence-electron chi connectivity index (χ2n) is 8.54. The molecule has 0 aliphatic rings. The molecule has 0 heterocycles. The average molecular weight is 418 g/mol. The van der Waals surface area contributed by atoms with Crippen LogP contribution in [-0.2, 0) is 23.8 Å². The van der Waals surface area contributed by atoms with Gasteiger partial charge in [-0.25, -0.2) is 19.2 Å². The first-order chi connectivity index (χ1) is 13.1. The number of aliphatic carboxylic acids is 1. The lowest BCUT2D eigenvalue weighted by Gasteiger charge is -2.23. The number of carbonyl (C=O) groups excluding carboxylic acids is 3. The molecule has 0 unspecified atom stereocenters. The zero-order valence-corrected chi connectivity index (χ0v) is 18.3. The summed E-state index contributed by atoms with van der Waals surface area (Å²) >= 11 is 0. The van der Waals surface area contributed by atoms with E-state index in [1.807, 2.05) is 0 Å². The van der Waals surface area contributed by atoms with Gasteiger partial charge in [-0.15, -0.1) is 0 Å². The van der Waals surface area contributed by atoms with Crippen molar-refractivity contribution in [3.8, 4) is 0 Å². The van der Waals surface area contributed by atoms with Gasteiger partial charge in [0.2, 0.25) is 0 Å². The lowest BCUT2D eigenvalue weighted by Crippen LogP contribution is -2.44. The Balaban J connectivity index is 4.62. The second kappa shape index (κ2) is 11.5. The molecule has 0 rings (SSSR count). The minimum atomic E-state index is -1.19. The van der Waals surface area contributed by atoms with Crippen molar-refractivity contribution in [2.24, 2.45) is 0 Å². The molecular formula is C19H34N2O8. The van der Waals surface area contributed by atoms with Crippen LogP contribution in [0.2, 0.25) is 0 Å². The summed E-state index contributed by atoms with van der Waals surface area (Å²) < 4.78 is 14.9. The minimum Gasteiger partial charge on any atom is -0.480 e. The van der Waals surface area contributed by atoms with Gasteiger partial charge in [-0.2, -0.15) is 0 Å². The van der Waals surface area contributed by atoms with Gasteiger partial charge in [0.15, 0.2) is 0 Å². The predicted octanol–water partition coefficient (Wildman–Crippen LogP) is 2.59. The molecule has 10 heteroatoms. The lowest BCUT2D eigenvalue weighted by atomic mass is 10.0. The van der Waals surface area contributed by atoms with E-state index in [0.717, 1.165) is 0 Å². The third-order valence-electron chi connectivity index (χ3n) is 3.40. The molecule has 0 aromatic rings. The van der Waals surface area contributed by atoms with Crippen LogP contribution in [0, 0.1) is 0 Å². The van der Waals surface area contributed by atoms with E-state index >= 15 is 0 Å². The smallest absolute Gasteiger partial charge is 0.408 e. The molecule has 2 atom stereocenters. The van der Waals surface area contributed by atoms with E-state index in [1.54, 1.807) is 41.5 Å². The van der Waals surface area contributed by atoms with Crippen LogP contribution in [0.15, 0.2) is 0 Å². The van der Waals surface area contributed by atoms with Gasteiger partial charge < -0.3 is 30.0 Å². The van der Waals surface area contributed by atoms with E-state index in [1.165, 1.54) is 7.11 Å². The number of hydrogen-bond donors (Lipinski definition) is 3. The maximum absolute atomic E-state index is 11.9. The molecule has 0 saturated carbocycles. The summed E-state index contributed by atoms with van der Waals surface area (Å²) in [5, 5.41) is 14.0. The maximum Gasteiger partial charge on any atom is 0.408 e. The average Bonchev–Trinajstić information content (AvgIpc) is 2.51. The lowest BCUT2D eigenvalue weighted by molar-refractivity contribution is -0.143. The number of methoxy groups -OCH3 is 1.